The molecule has 0 aliphatic heterocycles. The molecule has 3 nitrogen and oxygen atoms in total. The molecule has 0 unspecified atom stereocenters. The topological polar surface area (TPSA) is 34.9 Å². The number of nitrogens with zero attached hydrogens (tertiary/aromatic N) is 2. The summed E-state index contributed by atoms with van der Waals surface area (Å²) in [6.07, 6.45) is 1.36. The summed E-state index contributed by atoms with van der Waals surface area (Å²) in [6, 6.07) is 13.2. The number of fused-ring (bicyclic) bond motifs is 1. The van der Waals surface area contributed by atoms with Crippen molar-refractivity contribution in [3.05, 3.63) is 93.0 Å². The van der Waals surface area contributed by atoms with Gasteiger partial charge in [-0.2, -0.15) is 0 Å². The Hall–Kier alpha value is -2.76. The van der Waals surface area contributed by atoms with Crippen molar-refractivity contribution in [2.75, 3.05) is 0 Å². The molecule has 0 aliphatic rings. The fourth-order valence-corrected chi connectivity index (χ4v) is 3.59. The van der Waals surface area contributed by atoms with Crippen LogP contribution in [0, 0.1) is 11.6 Å². The van der Waals surface area contributed by atoms with Gasteiger partial charge in [-0.25, -0.2) is 18.6 Å². The molecular weight excluding hydrogens is 393 g/mol. The van der Waals surface area contributed by atoms with E-state index in [-0.39, 0.29) is 15.6 Å². The van der Waals surface area contributed by atoms with Crippen LogP contribution in [0.25, 0.3) is 27.7 Å². The van der Waals surface area contributed by atoms with Crippen LogP contribution in [0.3, 0.4) is 0 Å². The van der Waals surface area contributed by atoms with Gasteiger partial charge in [0.2, 0.25) is 0 Å². The first-order chi connectivity index (χ1) is 13.0. The van der Waals surface area contributed by atoms with Gasteiger partial charge in [0, 0.05) is 23.2 Å². The number of para-hydroxylation sites is 1. The van der Waals surface area contributed by atoms with Crippen LogP contribution in [0.2, 0.25) is 10.0 Å². The van der Waals surface area contributed by atoms with Crippen molar-refractivity contribution in [3.63, 3.8) is 0 Å². The fraction of sp³-hybridized carbons (Fsp3) is 0. The van der Waals surface area contributed by atoms with Crippen molar-refractivity contribution in [3.8, 4) is 16.8 Å². The lowest BCUT2D eigenvalue weighted by Gasteiger charge is -2.15. The third-order valence-corrected chi connectivity index (χ3v) is 4.81. The predicted molar refractivity (Wildman–Crippen MR) is 103 cm³/mol. The van der Waals surface area contributed by atoms with Gasteiger partial charge in [-0.05, 0) is 35.9 Å². The maximum absolute atomic E-state index is 14.3. The van der Waals surface area contributed by atoms with Crippen LogP contribution in [-0.4, -0.2) is 9.55 Å². The zero-order chi connectivity index (χ0) is 19.1. The molecule has 7 heteroatoms. The molecule has 4 rings (SSSR count). The third-order valence-electron chi connectivity index (χ3n) is 4.20. The molecule has 1 heterocycles. The third kappa shape index (κ3) is 2.99. The zero-order valence-corrected chi connectivity index (χ0v) is 15.1. The molecule has 0 spiro atoms. The second-order valence-corrected chi connectivity index (χ2v) is 6.62. The van der Waals surface area contributed by atoms with Crippen molar-refractivity contribution in [2.45, 2.75) is 0 Å². The van der Waals surface area contributed by atoms with Crippen LogP contribution in [0.1, 0.15) is 0 Å². The molecule has 0 radical (unpaired) electrons. The maximum atomic E-state index is 14.3. The number of halogens is 4. The Morgan fingerprint density at radius 3 is 2.30 bits per heavy atom. The lowest BCUT2D eigenvalue weighted by molar-refractivity contribution is 0.585. The first-order valence-corrected chi connectivity index (χ1v) is 8.63. The van der Waals surface area contributed by atoms with Crippen LogP contribution < -0.4 is 5.69 Å². The Morgan fingerprint density at radius 1 is 0.889 bits per heavy atom. The van der Waals surface area contributed by atoms with Crippen LogP contribution in [0.15, 0.2) is 65.6 Å². The minimum Gasteiger partial charge on any atom is -0.257 e. The number of hydrogen-bond donors (Lipinski definition) is 0. The SMILES string of the molecule is O=c1ncc2c(-c3ccc(F)cc3F)cccc2n1-c1c(Cl)cccc1Cl. The Bertz CT molecular complexity index is 1230. The first-order valence-electron chi connectivity index (χ1n) is 7.88. The smallest absolute Gasteiger partial charge is 0.257 e. The second-order valence-electron chi connectivity index (χ2n) is 5.81. The zero-order valence-electron chi connectivity index (χ0n) is 13.6. The molecular formula is C20H10Cl2F2N2O. The molecule has 134 valence electrons. The molecule has 3 aromatic carbocycles. The van der Waals surface area contributed by atoms with Crippen LogP contribution in [-0.2, 0) is 0 Å². The van der Waals surface area contributed by atoms with Gasteiger partial charge in [-0.3, -0.25) is 4.57 Å². The molecule has 0 N–H and O–H groups in total. The van der Waals surface area contributed by atoms with E-state index in [0.717, 1.165) is 6.07 Å². The average Bonchev–Trinajstić information content (AvgIpc) is 2.63. The standard InChI is InChI=1S/C20H10Cl2F2N2O/c21-15-4-2-5-16(22)19(15)26-18-6-1-3-12(14(18)10-25-20(26)27)13-8-7-11(23)9-17(13)24/h1-10H. The normalized spacial score (nSPS) is 11.1. The molecule has 0 saturated carbocycles. The van der Waals surface area contributed by atoms with E-state index >= 15 is 0 Å². The van der Waals surface area contributed by atoms with E-state index in [1.54, 1.807) is 36.4 Å². The van der Waals surface area contributed by atoms with Gasteiger partial charge < -0.3 is 0 Å². The summed E-state index contributed by atoms with van der Waals surface area (Å²) in [5.41, 5.74) is 0.829. The highest BCUT2D eigenvalue weighted by molar-refractivity contribution is 6.37. The van der Waals surface area contributed by atoms with E-state index in [2.05, 4.69) is 4.98 Å². The average molecular weight is 403 g/mol. The van der Waals surface area contributed by atoms with Gasteiger partial charge in [0.25, 0.3) is 0 Å². The van der Waals surface area contributed by atoms with Crippen molar-refractivity contribution < 1.29 is 8.78 Å². The Balaban J connectivity index is 2.09. The predicted octanol–water partition coefficient (Wildman–Crippen LogP) is 5.64. The molecule has 0 bridgehead atoms. The highest BCUT2D eigenvalue weighted by atomic mass is 35.5. The van der Waals surface area contributed by atoms with Crippen molar-refractivity contribution in [2.24, 2.45) is 0 Å². The van der Waals surface area contributed by atoms with Crippen LogP contribution in [0.5, 0.6) is 0 Å². The van der Waals surface area contributed by atoms with Crippen molar-refractivity contribution >= 4 is 34.1 Å². The fourth-order valence-electron chi connectivity index (χ4n) is 3.03. The van der Waals surface area contributed by atoms with E-state index in [0.29, 0.717) is 22.2 Å². The quantitative estimate of drug-likeness (QED) is 0.434. The summed E-state index contributed by atoms with van der Waals surface area (Å²) in [7, 11) is 0. The molecule has 27 heavy (non-hydrogen) atoms. The van der Waals surface area contributed by atoms with E-state index in [1.807, 2.05) is 0 Å². The van der Waals surface area contributed by atoms with E-state index in [4.69, 9.17) is 23.2 Å². The minimum atomic E-state index is -0.712. The Labute approximate surface area is 162 Å². The van der Waals surface area contributed by atoms with Gasteiger partial charge in [-0.15, -0.1) is 0 Å². The highest BCUT2D eigenvalue weighted by Crippen LogP contribution is 2.33. The van der Waals surface area contributed by atoms with Gasteiger partial charge in [-0.1, -0.05) is 41.4 Å². The summed E-state index contributed by atoms with van der Waals surface area (Å²) in [5.74, 6) is -1.38. The molecule has 0 amide bonds. The molecule has 4 aromatic rings. The highest BCUT2D eigenvalue weighted by Gasteiger charge is 2.16. The van der Waals surface area contributed by atoms with Gasteiger partial charge in [0.1, 0.15) is 11.6 Å². The first kappa shape index (κ1) is 17.6. The summed E-state index contributed by atoms with van der Waals surface area (Å²) >= 11 is 12.5. The van der Waals surface area contributed by atoms with E-state index in [9.17, 15) is 13.6 Å². The number of hydrogen-bond acceptors (Lipinski definition) is 2. The Morgan fingerprint density at radius 2 is 1.59 bits per heavy atom. The lowest BCUT2D eigenvalue weighted by atomic mass is 10.0. The molecule has 1 aromatic heterocycles. The number of benzene rings is 3. The molecule has 0 saturated heterocycles. The summed E-state index contributed by atoms with van der Waals surface area (Å²) in [6.45, 7) is 0. The number of rotatable bonds is 2. The number of aromatic nitrogens is 2. The van der Waals surface area contributed by atoms with Crippen LogP contribution in [0.4, 0.5) is 8.78 Å². The maximum Gasteiger partial charge on any atom is 0.352 e. The largest absolute Gasteiger partial charge is 0.352 e. The molecule has 0 aliphatic carbocycles. The van der Waals surface area contributed by atoms with Gasteiger partial charge in [0.05, 0.1) is 21.2 Å². The summed E-state index contributed by atoms with van der Waals surface area (Å²) < 4.78 is 28.9. The summed E-state index contributed by atoms with van der Waals surface area (Å²) in [5, 5.41) is 1.05. The van der Waals surface area contributed by atoms with Gasteiger partial charge >= 0.3 is 5.69 Å². The summed E-state index contributed by atoms with van der Waals surface area (Å²) in [4.78, 5) is 16.4. The van der Waals surface area contributed by atoms with E-state index in [1.165, 1.54) is 22.9 Å². The minimum absolute atomic E-state index is 0.194. The van der Waals surface area contributed by atoms with Crippen molar-refractivity contribution in [1.29, 1.82) is 0 Å². The van der Waals surface area contributed by atoms with Crippen molar-refractivity contribution in [1.82, 2.24) is 9.55 Å². The monoisotopic (exact) mass is 402 g/mol. The van der Waals surface area contributed by atoms with Crippen LogP contribution >= 0.6 is 23.2 Å². The lowest BCUT2D eigenvalue weighted by Crippen LogP contribution is -2.22. The second kappa shape index (κ2) is 6.76. The van der Waals surface area contributed by atoms with E-state index < -0.39 is 17.3 Å². The van der Waals surface area contributed by atoms with Gasteiger partial charge in [0.15, 0.2) is 0 Å². The molecule has 0 atom stereocenters. The molecule has 0 fully saturated rings. The Kier molecular flexibility index (Phi) is 4.42.